The van der Waals surface area contributed by atoms with E-state index in [-0.39, 0.29) is 51.8 Å². The van der Waals surface area contributed by atoms with Gasteiger partial charge in [-0.15, -0.1) is 12.4 Å². The second-order valence-electron chi connectivity index (χ2n) is 8.94. The lowest BCUT2D eigenvalue weighted by Gasteiger charge is -2.24. The number of nitrogens with zero attached hydrogens (tertiary/aromatic N) is 1. The molecule has 0 aliphatic carbocycles. The lowest BCUT2D eigenvalue weighted by Crippen LogP contribution is -2.40. The van der Waals surface area contributed by atoms with E-state index in [0.717, 1.165) is 30.4 Å². The third-order valence-corrected chi connectivity index (χ3v) is 8.25. The molecule has 13 heteroatoms. The smallest absolute Gasteiger partial charge is 0.295 e. The minimum absolute atomic E-state index is 0. The fourth-order valence-corrected chi connectivity index (χ4v) is 5.66. The molecule has 0 aromatic heterocycles. The average molecular weight is 628 g/mol. The fourth-order valence-electron chi connectivity index (χ4n) is 3.97. The van der Waals surface area contributed by atoms with E-state index in [1.807, 2.05) is 0 Å². The summed E-state index contributed by atoms with van der Waals surface area (Å²) in [6.45, 7) is 2.27. The number of carbonyl (C=O) groups excluding carboxylic acids is 2. The summed E-state index contributed by atoms with van der Waals surface area (Å²) in [6.07, 6.45) is 2.00. The summed E-state index contributed by atoms with van der Waals surface area (Å²) >= 11 is 12.2. The summed E-state index contributed by atoms with van der Waals surface area (Å²) in [4.78, 5) is 30.3. The molecule has 2 amide bonds. The van der Waals surface area contributed by atoms with Crippen LogP contribution in [0.15, 0.2) is 77.7 Å². The van der Waals surface area contributed by atoms with Crippen LogP contribution >= 0.6 is 35.6 Å². The van der Waals surface area contributed by atoms with Gasteiger partial charge in [0.25, 0.3) is 15.9 Å². The topological polar surface area (TPSA) is 117 Å². The molecule has 3 aromatic rings. The van der Waals surface area contributed by atoms with Crippen molar-refractivity contribution in [3.63, 3.8) is 0 Å². The van der Waals surface area contributed by atoms with Crippen LogP contribution in [0.25, 0.3) is 0 Å². The van der Waals surface area contributed by atoms with Crippen molar-refractivity contribution in [3.05, 3.63) is 88.4 Å². The van der Waals surface area contributed by atoms with E-state index in [0.29, 0.717) is 17.5 Å². The van der Waals surface area contributed by atoms with Crippen LogP contribution in [-0.4, -0.2) is 46.4 Å². The second kappa shape index (κ2) is 14.6. The molecule has 9 nitrogen and oxygen atoms in total. The third kappa shape index (κ3) is 8.25. The number of halogens is 3. The largest absolute Gasteiger partial charge is 0.363 e. The molecular weight excluding hydrogens is 599 g/mol. The maximum absolute atomic E-state index is 13.6. The fraction of sp³-hybridized carbons (Fsp3) is 0.259. The summed E-state index contributed by atoms with van der Waals surface area (Å²) < 4.78 is 27.9. The van der Waals surface area contributed by atoms with E-state index in [2.05, 4.69) is 16.0 Å². The Hall–Kier alpha value is -3.02. The van der Waals surface area contributed by atoms with Crippen molar-refractivity contribution < 1.29 is 22.8 Å². The lowest BCUT2D eigenvalue weighted by atomic mass is 9.98. The molecule has 1 heterocycles. The zero-order valence-corrected chi connectivity index (χ0v) is 24.5. The van der Waals surface area contributed by atoms with Gasteiger partial charge in [0.1, 0.15) is 0 Å². The molecule has 0 atom stereocenters. The van der Waals surface area contributed by atoms with E-state index in [1.165, 1.54) is 42.5 Å². The number of piperidine rings is 1. The lowest BCUT2D eigenvalue weighted by molar-refractivity contribution is -0.120. The van der Waals surface area contributed by atoms with Gasteiger partial charge in [0.2, 0.25) is 5.91 Å². The number of para-hydroxylation sites is 1. The van der Waals surface area contributed by atoms with Gasteiger partial charge in [-0.1, -0.05) is 45.9 Å². The Morgan fingerprint density at radius 1 is 0.950 bits per heavy atom. The van der Waals surface area contributed by atoms with E-state index < -0.39 is 15.9 Å². The molecule has 0 saturated carbocycles. The number of sulfonamides is 1. The Balaban J connectivity index is 0.00000441. The zero-order valence-electron chi connectivity index (χ0n) is 21.3. The van der Waals surface area contributed by atoms with Gasteiger partial charge in [0, 0.05) is 17.1 Å². The first-order chi connectivity index (χ1) is 18.7. The van der Waals surface area contributed by atoms with Gasteiger partial charge >= 0.3 is 0 Å². The molecule has 1 fully saturated rings. The first-order valence-corrected chi connectivity index (χ1v) is 14.5. The summed E-state index contributed by atoms with van der Waals surface area (Å²) in [5, 5.41) is 9.19. The molecule has 0 bridgehead atoms. The zero-order chi connectivity index (χ0) is 27.8. The van der Waals surface area contributed by atoms with E-state index >= 15 is 0 Å². The van der Waals surface area contributed by atoms with E-state index in [9.17, 15) is 18.0 Å². The van der Waals surface area contributed by atoms with Gasteiger partial charge in [0.15, 0.2) is 5.75 Å². The Morgan fingerprint density at radius 3 is 2.27 bits per heavy atom. The van der Waals surface area contributed by atoms with Crippen LogP contribution in [0.2, 0.25) is 10.0 Å². The van der Waals surface area contributed by atoms with Crippen LogP contribution < -0.4 is 25.3 Å². The van der Waals surface area contributed by atoms with Crippen molar-refractivity contribution in [2.45, 2.75) is 17.7 Å². The van der Waals surface area contributed by atoms with Gasteiger partial charge in [0.05, 0.1) is 22.2 Å². The van der Waals surface area contributed by atoms with Crippen molar-refractivity contribution in [2.24, 2.45) is 5.92 Å². The Labute approximate surface area is 249 Å². The van der Waals surface area contributed by atoms with E-state index in [4.69, 9.17) is 28.0 Å². The van der Waals surface area contributed by atoms with Crippen molar-refractivity contribution >= 4 is 63.1 Å². The number of amides is 2. The summed E-state index contributed by atoms with van der Waals surface area (Å²) in [5.74, 6) is -0.267. The van der Waals surface area contributed by atoms with Crippen LogP contribution in [0.3, 0.4) is 0 Å². The van der Waals surface area contributed by atoms with Crippen LogP contribution in [0, 0.1) is 5.92 Å². The van der Waals surface area contributed by atoms with Gasteiger partial charge in [-0.05, 0) is 86.4 Å². The molecule has 4 rings (SSSR count). The molecule has 1 aliphatic rings. The van der Waals surface area contributed by atoms with Crippen LogP contribution in [0.5, 0.6) is 5.75 Å². The maximum Gasteiger partial charge on any atom is 0.295 e. The number of hydrogen-bond donors (Lipinski definition) is 3. The number of hydrogen-bond acceptors (Lipinski definition) is 6. The monoisotopic (exact) mass is 626 g/mol. The summed E-state index contributed by atoms with van der Waals surface area (Å²) in [5.41, 5.74) is 0.439. The molecule has 214 valence electrons. The summed E-state index contributed by atoms with van der Waals surface area (Å²) in [6, 6.07) is 18.0. The molecule has 0 unspecified atom stereocenters. The first-order valence-electron chi connectivity index (χ1n) is 12.3. The van der Waals surface area contributed by atoms with Crippen LogP contribution in [-0.2, 0) is 14.8 Å². The number of nitrogens with one attached hydrogen (secondary N) is 3. The molecule has 3 aromatic carbocycles. The van der Waals surface area contributed by atoms with Gasteiger partial charge in [-0.3, -0.25) is 9.59 Å². The van der Waals surface area contributed by atoms with Gasteiger partial charge < -0.3 is 20.8 Å². The molecule has 40 heavy (non-hydrogen) atoms. The second-order valence-corrected chi connectivity index (χ2v) is 11.5. The standard InChI is InChI=1S/C27H28Cl2N4O5S.ClH/c28-21-8-11-25(24(29)16-21)38-33(22-4-2-1-3-5-22)39(36,37)23-9-6-20(7-10-23)27(35)32-18-26(34)31-17-19-12-14-30-15-13-19;/h1-11,16,19,30H,12-15,17-18H2,(H,31,34)(H,32,35);1H. The number of rotatable bonds is 10. The molecule has 0 spiro atoms. The first kappa shape index (κ1) is 31.5. The average Bonchev–Trinajstić information content (AvgIpc) is 2.95. The molecule has 1 saturated heterocycles. The van der Waals surface area contributed by atoms with Gasteiger partial charge in [-0.2, -0.15) is 8.42 Å². The van der Waals surface area contributed by atoms with Crippen LogP contribution in [0.4, 0.5) is 5.69 Å². The quantitative estimate of drug-likeness (QED) is 0.286. The number of anilines is 1. The minimum atomic E-state index is -4.25. The number of carbonyl (C=O) groups is 2. The van der Waals surface area contributed by atoms with Gasteiger partial charge in [-0.25, -0.2) is 0 Å². The van der Waals surface area contributed by atoms with E-state index in [1.54, 1.807) is 30.3 Å². The minimum Gasteiger partial charge on any atom is -0.363 e. The summed E-state index contributed by atoms with van der Waals surface area (Å²) in [7, 11) is -4.25. The Kier molecular flexibility index (Phi) is 11.5. The maximum atomic E-state index is 13.6. The molecule has 1 aliphatic heterocycles. The predicted molar refractivity (Wildman–Crippen MR) is 158 cm³/mol. The van der Waals surface area contributed by atoms with Crippen LogP contribution in [0.1, 0.15) is 23.2 Å². The number of benzene rings is 3. The van der Waals surface area contributed by atoms with Crippen molar-refractivity contribution in [3.8, 4) is 5.75 Å². The highest BCUT2D eigenvalue weighted by atomic mass is 35.5. The SMILES string of the molecule is Cl.O=C(CNC(=O)c1ccc(S(=O)(=O)N(Oc2ccc(Cl)cc2Cl)c2ccccc2)cc1)NCC1CCNCC1. The predicted octanol–water partition coefficient (Wildman–Crippen LogP) is 4.45. The highest BCUT2D eigenvalue weighted by Gasteiger charge is 2.28. The highest BCUT2D eigenvalue weighted by molar-refractivity contribution is 7.92. The van der Waals surface area contributed by atoms with Crippen molar-refractivity contribution in [2.75, 3.05) is 30.6 Å². The Morgan fingerprint density at radius 2 is 1.62 bits per heavy atom. The molecule has 3 N–H and O–H groups in total. The normalized spacial score (nSPS) is 13.6. The highest BCUT2D eigenvalue weighted by Crippen LogP contribution is 2.32. The van der Waals surface area contributed by atoms with Crippen molar-refractivity contribution in [1.82, 2.24) is 16.0 Å². The third-order valence-electron chi connectivity index (χ3n) is 6.13. The molecular formula is C27H29Cl3N4O5S. The Bertz CT molecular complexity index is 1400. The molecule has 0 radical (unpaired) electrons. The van der Waals surface area contributed by atoms with Crippen molar-refractivity contribution in [1.29, 1.82) is 0 Å².